The average Bonchev–Trinajstić information content (AvgIpc) is 3.23. The number of carboxylic acid groups (broad SMARTS) is 1. The largest absolute Gasteiger partial charge is 0.478 e. The molecule has 2 aliphatic rings. The Hall–Kier alpha value is -4.33. The summed E-state index contributed by atoms with van der Waals surface area (Å²) < 4.78 is 3.84. The van der Waals surface area contributed by atoms with Gasteiger partial charge in [0.1, 0.15) is 5.56 Å². The number of carbonyl (C=O) groups is 1. The molecule has 6 rings (SSSR count). The average molecular weight is 509 g/mol. The highest BCUT2D eigenvalue weighted by atomic mass is 16.4. The Bertz CT molecular complexity index is 1580. The van der Waals surface area contributed by atoms with Crippen LogP contribution in [0.4, 0.5) is 0 Å². The Kier molecular flexibility index (Phi) is 5.63. The number of benzene rings is 2. The summed E-state index contributed by atoms with van der Waals surface area (Å²) in [6.07, 6.45) is 8.20. The third-order valence-electron chi connectivity index (χ3n) is 7.94. The molecule has 1 fully saturated rings. The number of aromatic nitrogens is 4. The number of fused-ring (bicyclic) bond motifs is 1. The molecule has 2 aromatic carbocycles. The lowest BCUT2D eigenvalue weighted by Gasteiger charge is -2.21. The minimum absolute atomic E-state index is 0.00505. The van der Waals surface area contributed by atoms with Crippen LogP contribution in [0.5, 0.6) is 0 Å². The summed E-state index contributed by atoms with van der Waals surface area (Å²) in [6.45, 7) is 4.56. The molecule has 0 saturated heterocycles. The molecule has 0 radical (unpaired) electrons. The molecule has 2 atom stereocenters. The van der Waals surface area contributed by atoms with Gasteiger partial charge in [0, 0.05) is 36.2 Å². The number of rotatable bonds is 7. The quantitative estimate of drug-likeness (QED) is 0.332. The van der Waals surface area contributed by atoms with Crippen molar-refractivity contribution in [2.75, 3.05) is 7.05 Å². The van der Waals surface area contributed by atoms with Gasteiger partial charge < -0.3 is 16.2 Å². The van der Waals surface area contributed by atoms with Crippen LogP contribution in [0.2, 0.25) is 0 Å². The summed E-state index contributed by atoms with van der Waals surface area (Å²) in [7, 11) is 1.80. The van der Waals surface area contributed by atoms with Crippen LogP contribution >= 0.6 is 0 Å². The molecule has 0 bridgehead atoms. The second-order valence-electron chi connectivity index (χ2n) is 11.0. The number of aryl methyl sites for hydroxylation is 1. The third kappa shape index (κ3) is 3.97. The number of nitrogens with zero attached hydrogens (tertiary/aromatic N) is 4. The first-order valence-electron chi connectivity index (χ1n) is 13.0. The van der Waals surface area contributed by atoms with Gasteiger partial charge in [0.25, 0.3) is 0 Å². The molecule has 8 heteroatoms. The number of aromatic carboxylic acids is 1. The van der Waals surface area contributed by atoms with E-state index in [0.29, 0.717) is 5.69 Å². The first-order chi connectivity index (χ1) is 18.3. The van der Waals surface area contributed by atoms with Crippen LogP contribution in [0.15, 0.2) is 72.8 Å². The Labute approximate surface area is 221 Å². The summed E-state index contributed by atoms with van der Waals surface area (Å²) in [6, 6.07) is 16.5. The van der Waals surface area contributed by atoms with Crippen molar-refractivity contribution in [2.45, 2.75) is 44.4 Å². The number of allylic oxidation sites excluding steroid dienone is 1. The molecule has 2 heterocycles. The van der Waals surface area contributed by atoms with Gasteiger partial charge >= 0.3 is 5.97 Å². The Morgan fingerprint density at radius 3 is 2.39 bits per heavy atom. The molecule has 0 aliphatic heterocycles. The molecule has 194 valence electrons. The SMILES string of the molecule is CN/C=C(\N)C1C[C@H]1c1c(C(=O)O)cnn1-c1cccc(-c2cccc(-n3ncc4c3C(C)(C)CC4)c2)c1. The Morgan fingerprint density at radius 1 is 1.08 bits per heavy atom. The van der Waals surface area contributed by atoms with Gasteiger partial charge in [0.2, 0.25) is 0 Å². The van der Waals surface area contributed by atoms with E-state index in [4.69, 9.17) is 10.8 Å². The van der Waals surface area contributed by atoms with E-state index in [9.17, 15) is 9.90 Å². The van der Waals surface area contributed by atoms with Crippen molar-refractivity contribution in [3.05, 3.63) is 95.3 Å². The van der Waals surface area contributed by atoms with E-state index < -0.39 is 5.97 Å². The van der Waals surface area contributed by atoms with Gasteiger partial charge in [-0.2, -0.15) is 10.2 Å². The van der Waals surface area contributed by atoms with Crippen molar-refractivity contribution in [3.8, 4) is 22.5 Å². The zero-order valence-electron chi connectivity index (χ0n) is 21.8. The summed E-state index contributed by atoms with van der Waals surface area (Å²) >= 11 is 0. The second-order valence-corrected chi connectivity index (χ2v) is 11.0. The maximum Gasteiger partial charge on any atom is 0.339 e. The first kappa shape index (κ1) is 24.0. The van der Waals surface area contributed by atoms with Crippen molar-refractivity contribution in [1.29, 1.82) is 0 Å². The fraction of sp³-hybridized carbons (Fsp3) is 0.300. The van der Waals surface area contributed by atoms with Crippen molar-refractivity contribution < 1.29 is 9.90 Å². The fourth-order valence-corrected chi connectivity index (χ4v) is 5.91. The topological polar surface area (TPSA) is 111 Å². The highest BCUT2D eigenvalue weighted by molar-refractivity contribution is 5.89. The molecule has 0 amide bonds. The van der Waals surface area contributed by atoms with Crippen LogP contribution in [-0.4, -0.2) is 37.7 Å². The molecule has 38 heavy (non-hydrogen) atoms. The zero-order chi connectivity index (χ0) is 26.6. The predicted molar refractivity (Wildman–Crippen MR) is 147 cm³/mol. The molecule has 4 N–H and O–H groups in total. The Morgan fingerprint density at radius 2 is 1.74 bits per heavy atom. The lowest BCUT2D eigenvalue weighted by atomic mass is 9.90. The molecule has 2 aliphatic carbocycles. The van der Waals surface area contributed by atoms with E-state index in [2.05, 4.69) is 65.3 Å². The zero-order valence-corrected chi connectivity index (χ0v) is 21.8. The number of carboxylic acids is 1. The van der Waals surface area contributed by atoms with Crippen molar-refractivity contribution >= 4 is 5.97 Å². The molecule has 1 saturated carbocycles. The van der Waals surface area contributed by atoms with Gasteiger partial charge in [-0.3, -0.25) is 0 Å². The van der Waals surface area contributed by atoms with Crippen LogP contribution in [-0.2, 0) is 11.8 Å². The number of nitrogens with two attached hydrogens (primary N) is 1. The normalized spacial score (nSPS) is 19.8. The first-order valence-corrected chi connectivity index (χ1v) is 13.0. The van der Waals surface area contributed by atoms with E-state index in [1.807, 2.05) is 18.3 Å². The number of hydrogen-bond acceptors (Lipinski definition) is 5. The van der Waals surface area contributed by atoms with Gasteiger partial charge in [0.05, 0.1) is 35.2 Å². The summed E-state index contributed by atoms with van der Waals surface area (Å²) in [5, 5.41) is 22.1. The molecular formula is C30H32N6O2. The minimum Gasteiger partial charge on any atom is -0.478 e. The standard InChI is InChI=1S/C30H32N6O2/c1-30(2)11-10-20-15-33-36(28(20)30)22-9-5-7-19(13-22)18-6-4-8-21(12-18)35-27(25(16-34-35)29(37)38)24-14-23(24)26(31)17-32-3/h4-9,12-13,15-17,23-24,32H,10-11,14,31H2,1-3H3,(H,37,38)/b26-17-/t23?,24-/m1/s1. The van der Waals surface area contributed by atoms with E-state index >= 15 is 0 Å². The van der Waals surface area contributed by atoms with E-state index in [-0.39, 0.29) is 22.8 Å². The lowest BCUT2D eigenvalue weighted by molar-refractivity contribution is 0.0695. The smallest absolute Gasteiger partial charge is 0.339 e. The van der Waals surface area contributed by atoms with Crippen LogP contribution in [0.25, 0.3) is 22.5 Å². The number of nitrogens with one attached hydrogen (secondary N) is 1. The molecule has 8 nitrogen and oxygen atoms in total. The van der Waals surface area contributed by atoms with Gasteiger partial charge in [-0.05, 0) is 60.2 Å². The summed E-state index contributed by atoms with van der Waals surface area (Å²) in [5.41, 5.74) is 14.5. The second kappa shape index (κ2) is 8.90. The molecular weight excluding hydrogens is 476 g/mol. The van der Waals surface area contributed by atoms with Crippen LogP contribution < -0.4 is 11.1 Å². The lowest BCUT2D eigenvalue weighted by Crippen LogP contribution is -2.18. The van der Waals surface area contributed by atoms with Crippen LogP contribution in [0, 0.1) is 5.92 Å². The Balaban J connectivity index is 1.38. The minimum atomic E-state index is -0.980. The van der Waals surface area contributed by atoms with Crippen molar-refractivity contribution in [3.63, 3.8) is 0 Å². The highest BCUT2D eigenvalue weighted by Gasteiger charge is 2.45. The molecule has 4 aromatic rings. The van der Waals surface area contributed by atoms with Crippen molar-refractivity contribution in [1.82, 2.24) is 24.9 Å². The maximum absolute atomic E-state index is 12.0. The third-order valence-corrected chi connectivity index (χ3v) is 7.94. The van der Waals surface area contributed by atoms with Gasteiger partial charge in [0.15, 0.2) is 0 Å². The molecule has 1 unspecified atom stereocenters. The van der Waals surface area contributed by atoms with E-state index in [1.165, 1.54) is 17.5 Å². The molecule has 2 aromatic heterocycles. The summed E-state index contributed by atoms with van der Waals surface area (Å²) in [5.74, 6) is -0.882. The van der Waals surface area contributed by atoms with Crippen LogP contribution in [0.1, 0.15) is 59.9 Å². The van der Waals surface area contributed by atoms with E-state index in [1.54, 1.807) is 17.9 Å². The van der Waals surface area contributed by atoms with Crippen LogP contribution in [0.3, 0.4) is 0 Å². The predicted octanol–water partition coefficient (Wildman–Crippen LogP) is 4.77. The monoisotopic (exact) mass is 508 g/mol. The highest BCUT2D eigenvalue weighted by Crippen LogP contribution is 2.51. The van der Waals surface area contributed by atoms with Crippen molar-refractivity contribution in [2.24, 2.45) is 11.7 Å². The fourth-order valence-electron chi connectivity index (χ4n) is 5.91. The van der Waals surface area contributed by atoms with E-state index in [0.717, 1.165) is 47.5 Å². The van der Waals surface area contributed by atoms with Gasteiger partial charge in [-0.1, -0.05) is 38.1 Å². The molecule has 0 spiro atoms. The van der Waals surface area contributed by atoms with Gasteiger partial charge in [-0.15, -0.1) is 0 Å². The number of hydrogen-bond donors (Lipinski definition) is 3. The maximum atomic E-state index is 12.0. The van der Waals surface area contributed by atoms with Gasteiger partial charge in [-0.25, -0.2) is 14.2 Å². The summed E-state index contributed by atoms with van der Waals surface area (Å²) in [4.78, 5) is 12.0.